The van der Waals surface area contributed by atoms with Gasteiger partial charge in [0.15, 0.2) is 0 Å². The van der Waals surface area contributed by atoms with Gasteiger partial charge in [-0.1, -0.05) is 24.6 Å². The molecule has 1 aliphatic carbocycles. The van der Waals surface area contributed by atoms with E-state index in [1.54, 1.807) is 18.2 Å². The van der Waals surface area contributed by atoms with Crippen LogP contribution < -0.4 is 5.32 Å². The zero-order valence-electron chi connectivity index (χ0n) is 11.2. The fraction of sp³-hybridized carbons (Fsp3) is 0.467. The summed E-state index contributed by atoms with van der Waals surface area (Å²) in [6, 6.07) is 6.49. The lowest BCUT2D eigenvalue weighted by Crippen LogP contribution is -2.33. The molecule has 0 spiro atoms. The molecule has 2 rings (SSSR count). The summed E-state index contributed by atoms with van der Waals surface area (Å²) in [5.74, 6) is -1.12. The maximum atomic E-state index is 11.9. The molecule has 5 heteroatoms. The highest BCUT2D eigenvalue weighted by Gasteiger charge is 2.25. The van der Waals surface area contributed by atoms with Gasteiger partial charge in [0.1, 0.15) is 0 Å². The second-order valence-electron chi connectivity index (χ2n) is 5.20. The van der Waals surface area contributed by atoms with Gasteiger partial charge in [-0.05, 0) is 24.5 Å². The van der Waals surface area contributed by atoms with E-state index in [1.807, 2.05) is 0 Å². The Bertz CT molecular complexity index is 500. The smallest absolute Gasteiger partial charge is 0.335 e. The molecule has 1 saturated carbocycles. The third-order valence-corrected chi connectivity index (χ3v) is 3.78. The van der Waals surface area contributed by atoms with Gasteiger partial charge in [0.25, 0.3) is 0 Å². The highest BCUT2D eigenvalue weighted by molar-refractivity contribution is 5.91. The average molecular weight is 277 g/mol. The van der Waals surface area contributed by atoms with Gasteiger partial charge in [-0.25, -0.2) is 4.79 Å². The summed E-state index contributed by atoms with van der Waals surface area (Å²) >= 11 is 0. The number of carboxylic acid groups (broad SMARTS) is 1. The Kier molecular flexibility index (Phi) is 4.74. The molecule has 0 aromatic heterocycles. The van der Waals surface area contributed by atoms with Gasteiger partial charge in [-0.2, -0.15) is 0 Å². The number of rotatable bonds is 5. The van der Waals surface area contributed by atoms with Crippen molar-refractivity contribution < 1.29 is 19.8 Å². The van der Waals surface area contributed by atoms with Gasteiger partial charge in [-0.3, -0.25) is 4.79 Å². The molecule has 1 aromatic carbocycles. The Morgan fingerprint density at radius 2 is 2.00 bits per heavy atom. The van der Waals surface area contributed by atoms with Crippen molar-refractivity contribution in [2.45, 2.75) is 31.8 Å². The predicted molar refractivity (Wildman–Crippen MR) is 73.5 cm³/mol. The molecule has 0 aliphatic heterocycles. The van der Waals surface area contributed by atoms with Crippen molar-refractivity contribution in [2.75, 3.05) is 6.54 Å². The molecule has 5 nitrogen and oxygen atoms in total. The molecule has 3 N–H and O–H groups in total. The molecule has 108 valence electrons. The Morgan fingerprint density at radius 3 is 2.65 bits per heavy atom. The lowest BCUT2D eigenvalue weighted by molar-refractivity contribution is -0.120. The van der Waals surface area contributed by atoms with Crippen molar-refractivity contribution in [3.8, 4) is 0 Å². The molecule has 0 radical (unpaired) electrons. The zero-order valence-corrected chi connectivity index (χ0v) is 11.2. The topological polar surface area (TPSA) is 86.6 Å². The zero-order chi connectivity index (χ0) is 14.5. The maximum absolute atomic E-state index is 11.9. The van der Waals surface area contributed by atoms with Gasteiger partial charge < -0.3 is 15.5 Å². The summed E-state index contributed by atoms with van der Waals surface area (Å²) in [5.41, 5.74) is 0.660. The average Bonchev–Trinajstić information content (AvgIpc) is 2.82. The largest absolute Gasteiger partial charge is 0.478 e. The molecule has 2 unspecified atom stereocenters. The highest BCUT2D eigenvalue weighted by Crippen LogP contribution is 2.24. The van der Waals surface area contributed by atoms with Crippen LogP contribution in [0.1, 0.15) is 35.2 Å². The lowest BCUT2D eigenvalue weighted by Gasteiger charge is -2.15. The van der Waals surface area contributed by atoms with Crippen molar-refractivity contribution in [1.29, 1.82) is 0 Å². The summed E-state index contributed by atoms with van der Waals surface area (Å²) in [4.78, 5) is 22.9. The molecular weight excluding hydrogens is 258 g/mol. The van der Waals surface area contributed by atoms with Crippen molar-refractivity contribution in [3.05, 3.63) is 35.4 Å². The van der Waals surface area contributed by atoms with Gasteiger partial charge in [0.2, 0.25) is 5.91 Å². The minimum atomic E-state index is -1.03. The molecule has 1 fully saturated rings. The number of aromatic carboxylic acids is 1. The molecule has 0 bridgehead atoms. The molecule has 20 heavy (non-hydrogen) atoms. The first-order chi connectivity index (χ1) is 9.58. The minimum absolute atomic E-state index is 0.0469. The van der Waals surface area contributed by atoms with E-state index in [1.165, 1.54) is 6.07 Å². The summed E-state index contributed by atoms with van der Waals surface area (Å²) in [7, 11) is 0. The van der Waals surface area contributed by atoms with Crippen LogP contribution in [0.4, 0.5) is 0 Å². The minimum Gasteiger partial charge on any atom is -0.478 e. The number of carboxylic acids is 1. The van der Waals surface area contributed by atoms with E-state index < -0.39 is 5.97 Å². The van der Waals surface area contributed by atoms with Crippen molar-refractivity contribution in [1.82, 2.24) is 5.32 Å². The molecule has 1 aromatic rings. The van der Waals surface area contributed by atoms with Crippen LogP contribution in [0.5, 0.6) is 0 Å². The number of carbonyl (C=O) groups is 2. The number of benzene rings is 1. The second kappa shape index (κ2) is 6.52. The first kappa shape index (κ1) is 14.5. The fourth-order valence-electron chi connectivity index (χ4n) is 2.62. The van der Waals surface area contributed by atoms with E-state index in [2.05, 4.69) is 5.32 Å². The van der Waals surface area contributed by atoms with Gasteiger partial charge >= 0.3 is 5.97 Å². The van der Waals surface area contributed by atoms with Crippen LogP contribution in [-0.4, -0.2) is 34.7 Å². The number of carbonyl (C=O) groups excluding carboxylic acids is 1. The second-order valence-corrected chi connectivity index (χ2v) is 5.20. The predicted octanol–water partition coefficient (Wildman–Crippen LogP) is 1.20. The summed E-state index contributed by atoms with van der Waals surface area (Å²) in [5, 5.41) is 21.5. The van der Waals surface area contributed by atoms with Crippen molar-refractivity contribution >= 4 is 11.9 Å². The Balaban J connectivity index is 1.90. The van der Waals surface area contributed by atoms with E-state index in [9.17, 15) is 14.7 Å². The van der Waals surface area contributed by atoms with Crippen LogP contribution in [0.2, 0.25) is 0 Å². The van der Waals surface area contributed by atoms with Gasteiger partial charge in [-0.15, -0.1) is 0 Å². The number of hydrogen-bond acceptors (Lipinski definition) is 3. The maximum Gasteiger partial charge on any atom is 0.335 e. The summed E-state index contributed by atoms with van der Waals surface area (Å²) < 4.78 is 0. The molecule has 1 aliphatic rings. The number of hydrogen-bond donors (Lipinski definition) is 3. The van der Waals surface area contributed by atoms with Crippen molar-refractivity contribution in [3.63, 3.8) is 0 Å². The molecule has 1 amide bonds. The van der Waals surface area contributed by atoms with E-state index in [4.69, 9.17) is 5.11 Å². The summed E-state index contributed by atoms with van der Waals surface area (Å²) in [6.07, 6.45) is 2.42. The van der Waals surface area contributed by atoms with E-state index in [-0.39, 0.29) is 29.9 Å². The normalized spacial score (nSPS) is 21.6. The van der Waals surface area contributed by atoms with Crippen LogP contribution in [-0.2, 0) is 11.2 Å². The third-order valence-electron chi connectivity index (χ3n) is 3.78. The number of aliphatic hydroxyl groups excluding tert-OH is 1. The first-order valence-corrected chi connectivity index (χ1v) is 6.84. The van der Waals surface area contributed by atoms with Crippen molar-refractivity contribution in [2.24, 2.45) is 5.92 Å². The van der Waals surface area contributed by atoms with Crippen LogP contribution in [0.3, 0.4) is 0 Å². The fourth-order valence-corrected chi connectivity index (χ4v) is 2.62. The van der Waals surface area contributed by atoms with Gasteiger partial charge in [0, 0.05) is 12.5 Å². The standard InChI is InChI=1S/C15H19NO4/c17-13-7-3-5-11(13)9-16-14(18)8-10-4-1-2-6-12(10)15(19)20/h1-2,4,6,11,13,17H,3,5,7-9H2,(H,16,18)(H,19,20). The van der Waals surface area contributed by atoms with E-state index >= 15 is 0 Å². The monoisotopic (exact) mass is 277 g/mol. The van der Waals surface area contributed by atoms with Crippen LogP contribution in [0, 0.1) is 5.92 Å². The molecule has 0 heterocycles. The van der Waals surface area contributed by atoms with Gasteiger partial charge in [0.05, 0.1) is 18.1 Å². The lowest BCUT2D eigenvalue weighted by atomic mass is 10.0. The molecular formula is C15H19NO4. The summed E-state index contributed by atoms with van der Waals surface area (Å²) in [6.45, 7) is 0.454. The Morgan fingerprint density at radius 1 is 1.25 bits per heavy atom. The van der Waals surface area contributed by atoms with Crippen LogP contribution in [0.25, 0.3) is 0 Å². The SMILES string of the molecule is O=C(Cc1ccccc1C(=O)O)NCC1CCCC1O. The highest BCUT2D eigenvalue weighted by atomic mass is 16.4. The number of nitrogens with one attached hydrogen (secondary N) is 1. The number of aliphatic hydroxyl groups is 1. The Labute approximate surface area is 117 Å². The van der Waals surface area contributed by atoms with E-state index in [0.29, 0.717) is 12.1 Å². The molecule has 2 atom stereocenters. The molecule has 0 saturated heterocycles. The third kappa shape index (κ3) is 3.57. The van der Waals surface area contributed by atoms with Crippen LogP contribution >= 0.6 is 0 Å². The quantitative estimate of drug-likeness (QED) is 0.755. The van der Waals surface area contributed by atoms with Crippen LogP contribution in [0.15, 0.2) is 24.3 Å². The number of amides is 1. The van der Waals surface area contributed by atoms with E-state index in [0.717, 1.165) is 19.3 Å². The Hall–Kier alpha value is -1.88. The first-order valence-electron chi connectivity index (χ1n) is 6.84.